The van der Waals surface area contributed by atoms with Crippen LogP contribution in [0.2, 0.25) is 0 Å². The lowest BCUT2D eigenvalue weighted by Crippen LogP contribution is -2.49. The van der Waals surface area contributed by atoms with Gasteiger partial charge in [0, 0.05) is 58.2 Å². The molecule has 132 valence electrons. The Morgan fingerprint density at radius 2 is 1.96 bits per heavy atom. The van der Waals surface area contributed by atoms with Gasteiger partial charge in [0.25, 0.3) is 0 Å². The van der Waals surface area contributed by atoms with Crippen LogP contribution in [0.4, 0.5) is 5.95 Å². The summed E-state index contributed by atoms with van der Waals surface area (Å²) < 4.78 is 6.37. The van der Waals surface area contributed by atoms with Crippen molar-refractivity contribution in [2.45, 2.75) is 24.9 Å². The molecule has 4 heterocycles. The van der Waals surface area contributed by atoms with E-state index in [9.17, 15) is 0 Å². The van der Waals surface area contributed by atoms with Crippen LogP contribution in [0.15, 0.2) is 18.5 Å². The number of nitrogens with zero attached hydrogens (tertiary/aromatic N) is 5. The van der Waals surface area contributed by atoms with Crippen LogP contribution in [0.1, 0.15) is 19.3 Å². The molecule has 0 amide bonds. The summed E-state index contributed by atoms with van der Waals surface area (Å²) in [6, 6.07) is 1.88. The highest BCUT2D eigenvalue weighted by atomic mass is 16.5. The van der Waals surface area contributed by atoms with Crippen LogP contribution in [0.5, 0.6) is 0 Å². The molecule has 6 heteroatoms. The van der Waals surface area contributed by atoms with E-state index in [1.807, 2.05) is 18.5 Å². The van der Waals surface area contributed by atoms with Gasteiger partial charge >= 0.3 is 0 Å². The molecule has 3 aliphatic rings. The molecule has 0 aliphatic carbocycles. The summed E-state index contributed by atoms with van der Waals surface area (Å²) in [6.45, 7) is 8.87. The summed E-state index contributed by atoms with van der Waals surface area (Å²) in [6.07, 6.45) is 7.18. The molecule has 24 heavy (non-hydrogen) atoms. The number of rotatable bonds is 3. The zero-order valence-corrected chi connectivity index (χ0v) is 14.7. The number of aromatic nitrogens is 2. The molecular formula is C18H29N5O. The maximum atomic E-state index is 6.37. The molecular weight excluding hydrogens is 302 g/mol. The Hall–Kier alpha value is -1.24. The first-order chi connectivity index (χ1) is 11.7. The van der Waals surface area contributed by atoms with Crippen LogP contribution in [-0.2, 0) is 4.74 Å². The fourth-order valence-electron chi connectivity index (χ4n) is 4.46. The van der Waals surface area contributed by atoms with E-state index in [1.165, 1.54) is 52.0 Å². The van der Waals surface area contributed by atoms with Crippen molar-refractivity contribution < 1.29 is 4.74 Å². The van der Waals surface area contributed by atoms with Crippen molar-refractivity contribution >= 4 is 5.95 Å². The minimum Gasteiger partial charge on any atom is -0.373 e. The van der Waals surface area contributed by atoms with E-state index in [-0.39, 0.29) is 5.60 Å². The monoisotopic (exact) mass is 331 g/mol. The number of ether oxygens (including phenoxy) is 1. The van der Waals surface area contributed by atoms with Gasteiger partial charge in [0.1, 0.15) is 0 Å². The number of likely N-dealkylation sites (N-methyl/N-ethyl adjacent to an activating group) is 1. The van der Waals surface area contributed by atoms with E-state index in [0.717, 1.165) is 25.6 Å². The van der Waals surface area contributed by atoms with Gasteiger partial charge in [-0.3, -0.25) is 0 Å². The number of piperazine rings is 1. The third kappa shape index (κ3) is 3.55. The number of hydrogen-bond donors (Lipinski definition) is 0. The molecule has 6 nitrogen and oxygen atoms in total. The third-order valence-electron chi connectivity index (χ3n) is 5.77. The summed E-state index contributed by atoms with van der Waals surface area (Å²) in [4.78, 5) is 16.2. The van der Waals surface area contributed by atoms with Crippen molar-refractivity contribution in [1.29, 1.82) is 0 Å². The normalized spacial score (nSPS) is 32.5. The van der Waals surface area contributed by atoms with Gasteiger partial charge in [0.2, 0.25) is 5.95 Å². The Bertz CT molecular complexity index is 533. The van der Waals surface area contributed by atoms with Crippen molar-refractivity contribution in [3.63, 3.8) is 0 Å². The summed E-state index contributed by atoms with van der Waals surface area (Å²) >= 11 is 0. The highest BCUT2D eigenvalue weighted by Gasteiger charge is 2.44. The maximum Gasteiger partial charge on any atom is 0.225 e. The largest absolute Gasteiger partial charge is 0.373 e. The maximum absolute atomic E-state index is 6.37. The average molecular weight is 331 g/mol. The zero-order valence-electron chi connectivity index (χ0n) is 14.7. The number of anilines is 1. The van der Waals surface area contributed by atoms with E-state index in [2.05, 4.69) is 31.7 Å². The number of hydrogen-bond acceptors (Lipinski definition) is 6. The van der Waals surface area contributed by atoms with Gasteiger partial charge in [-0.25, -0.2) is 9.97 Å². The van der Waals surface area contributed by atoms with Gasteiger partial charge in [0.05, 0.1) is 12.2 Å². The Labute approximate surface area is 144 Å². The summed E-state index contributed by atoms with van der Waals surface area (Å²) in [5.74, 6) is 1.52. The lowest BCUT2D eigenvalue weighted by Gasteiger charge is -2.40. The minimum absolute atomic E-state index is 0.0225. The Morgan fingerprint density at radius 3 is 2.75 bits per heavy atom. The van der Waals surface area contributed by atoms with Crippen molar-refractivity contribution in [1.82, 2.24) is 19.8 Å². The van der Waals surface area contributed by atoms with Gasteiger partial charge in [-0.2, -0.15) is 0 Å². The molecule has 1 aromatic rings. The van der Waals surface area contributed by atoms with Crippen LogP contribution in [0.25, 0.3) is 0 Å². The first-order valence-electron chi connectivity index (χ1n) is 9.29. The van der Waals surface area contributed by atoms with Crippen molar-refractivity contribution in [3.05, 3.63) is 18.5 Å². The van der Waals surface area contributed by atoms with E-state index in [0.29, 0.717) is 5.92 Å². The molecule has 1 spiro atoms. The van der Waals surface area contributed by atoms with Crippen molar-refractivity contribution in [2.75, 3.05) is 64.4 Å². The van der Waals surface area contributed by atoms with Crippen LogP contribution >= 0.6 is 0 Å². The first kappa shape index (κ1) is 16.2. The molecule has 4 rings (SSSR count). The molecule has 3 fully saturated rings. The fourth-order valence-corrected chi connectivity index (χ4v) is 4.46. The highest BCUT2D eigenvalue weighted by Crippen LogP contribution is 2.38. The Morgan fingerprint density at radius 1 is 1.17 bits per heavy atom. The molecule has 3 saturated heterocycles. The third-order valence-corrected chi connectivity index (χ3v) is 5.77. The van der Waals surface area contributed by atoms with Gasteiger partial charge in [-0.1, -0.05) is 0 Å². The molecule has 2 atom stereocenters. The van der Waals surface area contributed by atoms with Crippen LogP contribution in [-0.4, -0.2) is 84.8 Å². The highest BCUT2D eigenvalue weighted by molar-refractivity contribution is 5.31. The van der Waals surface area contributed by atoms with E-state index < -0.39 is 0 Å². The molecule has 0 bridgehead atoms. The van der Waals surface area contributed by atoms with Gasteiger partial charge < -0.3 is 19.4 Å². The second kappa shape index (κ2) is 6.94. The minimum atomic E-state index is 0.0225. The molecule has 1 aromatic heterocycles. The lowest BCUT2D eigenvalue weighted by atomic mass is 9.86. The van der Waals surface area contributed by atoms with Crippen LogP contribution in [0, 0.1) is 5.92 Å². The van der Waals surface area contributed by atoms with Gasteiger partial charge in [0.15, 0.2) is 0 Å². The molecule has 0 N–H and O–H groups in total. The zero-order chi connectivity index (χ0) is 16.4. The average Bonchev–Trinajstić information content (AvgIpc) is 2.99. The topological polar surface area (TPSA) is 44.7 Å². The molecule has 0 radical (unpaired) electrons. The van der Waals surface area contributed by atoms with Crippen LogP contribution < -0.4 is 4.90 Å². The van der Waals surface area contributed by atoms with Gasteiger partial charge in [-0.05, 0) is 38.3 Å². The molecule has 3 aliphatic heterocycles. The quantitative estimate of drug-likeness (QED) is 0.826. The van der Waals surface area contributed by atoms with Gasteiger partial charge in [-0.15, -0.1) is 0 Å². The predicted molar refractivity (Wildman–Crippen MR) is 94.2 cm³/mol. The smallest absolute Gasteiger partial charge is 0.225 e. The SMILES string of the molecule is CN1CCN(CC2COC3(CCCN(c4ncccn4)C3)C2)CC1. The van der Waals surface area contributed by atoms with Crippen molar-refractivity contribution in [3.8, 4) is 0 Å². The predicted octanol–water partition coefficient (Wildman–Crippen LogP) is 1.10. The molecule has 2 unspecified atom stereocenters. The first-order valence-corrected chi connectivity index (χ1v) is 9.29. The van der Waals surface area contributed by atoms with Crippen molar-refractivity contribution in [2.24, 2.45) is 5.92 Å². The fraction of sp³-hybridized carbons (Fsp3) is 0.778. The molecule has 0 aromatic carbocycles. The summed E-state index contributed by atoms with van der Waals surface area (Å²) in [7, 11) is 2.22. The molecule has 0 saturated carbocycles. The second-order valence-corrected chi connectivity index (χ2v) is 7.74. The summed E-state index contributed by atoms with van der Waals surface area (Å²) in [5.41, 5.74) is 0.0225. The Balaban J connectivity index is 1.34. The van der Waals surface area contributed by atoms with Crippen LogP contribution in [0.3, 0.4) is 0 Å². The lowest BCUT2D eigenvalue weighted by molar-refractivity contribution is -0.00768. The van der Waals surface area contributed by atoms with E-state index >= 15 is 0 Å². The van der Waals surface area contributed by atoms with E-state index in [1.54, 1.807) is 0 Å². The summed E-state index contributed by atoms with van der Waals surface area (Å²) in [5, 5.41) is 0. The Kier molecular flexibility index (Phi) is 4.70. The standard InChI is InChI=1S/C18H29N5O/c1-21-8-10-22(11-9-21)13-16-12-18(24-14-16)4-2-7-23(15-18)17-19-5-3-6-20-17/h3,5-6,16H,2,4,7-15H2,1H3. The number of piperidine rings is 1. The van der Waals surface area contributed by atoms with E-state index in [4.69, 9.17) is 4.74 Å². The second-order valence-electron chi connectivity index (χ2n) is 7.74.